The van der Waals surface area contributed by atoms with Crippen molar-refractivity contribution in [3.63, 3.8) is 0 Å². The van der Waals surface area contributed by atoms with Crippen LogP contribution in [0.1, 0.15) is 47.5 Å². The topological polar surface area (TPSA) is 64.6 Å². The second kappa shape index (κ2) is 8.52. The molecule has 0 saturated carbocycles. The summed E-state index contributed by atoms with van der Waals surface area (Å²) in [6.45, 7) is 3.56. The molecular formula is C20H22FNO4S. The number of fused-ring (bicyclic) bond motifs is 1. The molecule has 2 aromatic rings. The Hall–Kier alpha value is -2.41. The van der Waals surface area contributed by atoms with Crippen LogP contribution in [0.5, 0.6) is 5.75 Å². The summed E-state index contributed by atoms with van der Waals surface area (Å²) >= 11 is 1.41. The number of hydrogen-bond acceptors (Lipinski definition) is 5. The monoisotopic (exact) mass is 391 g/mol. The molecule has 0 saturated heterocycles. The van der Waals surface area contributed by atoms with Crippen LogP contribution in [-0.2, 0) is 22.4 Å². The summed E-state index contributed by atoms with van der Waals surface area (Å²) in [5.41, 5.74) is 1.42. The van der Waals surface area contributed by atoms with Crippen molar-refractivity contribution in [1.29, 1.82) is 0 Å². The van der Waals surface area contributed by atoms with E-state index >= 15 is 0 Å². The van der Waals surface area contributed by atoms with Crippen LogP contribution in [0.3, 0.4) is 0 Å². The zero-order valence-electron chi connectivity index (χ0n) is 15.3. The molecule has 3 rings (SSSR count). The molecule has 144 valence electrons. The SMILES string of the molecule is CCOC(=O)c1c(NC(=O)C(C)Oc2ccccc2F)sc2c1CCCC2. The maximum atomic E-state index is 13.7. The van der Waals surface area contributed by atoms with Crippen LogP contribution in [-0.4, -0.2) is 24.6 Å². The number of nitrogens with one attached hydrogen (secondary N) is 1. The molecule has 1 N–H and O–H groups in total. The third-order valence-corrected chi connectivity index (χ3v) is 5.60. The van der Waals surface area contributed by atoms with Gasteiger partial charge in [0.2, 0.25) is 0 Å². The molecule has 1 amide bonds. The van der Waals surface area contributed by atoms with Crippen molar-refractivity contribution in [3.8, 4) is 5.75 Å². The van der Waals surface area contributed by atoms with Crippen molar-refractivity contribution < 1.29 is 23.5 Å². The van der Waals surface area contributed by atoms with Gasteiger partial charge in [-0.25, -0.2) is 9.18 Å². The summed E-state index contributed by atoms with van der Waals surface area (Å²) in [7, 11) is 0. The lowest BCUT2D eigenvalue weighted by molar-refractivity contribution is -0.122. The second-order valence-electron chi connectivity index (χ2n) is 6.32. The highest BCUT2D eigenvalue weighted by molar-refractivity contribution is 7.17. The molecule has 1 aliphatic rings. The van der Waals surface area contributed by atoms with Crippen LogP contribution in [0.15, 0.2) is 24.3 Å². The van der Waals surface area contributed by atoms with Crippen molar-refractivity contribution in [2.75, 3.05) is 11.9 Å². The van der Waals surface area contributed by atoms with E-state index in [4.69, 9.17) is 9.47 Å². The Morgan fingerprint density at radius 1 is 1.26 bits per heavy atom. The summed E-state index contributed by atoms with van der Waals surface area (Å²) in [5.74, 6) is -1.38. The fourth-order valence-electron chi connectivity index (χ4n) is 3.07. The van der Waals surface area contributed by atoms with Gasteiger partial charge in [-0.05, 0) is 57.2 Å². The summed E-state index contributed by atoms with van der Waals surface area (Å²) in [4.78, 5) is 26.1. The first-order valence-corrected chi connectivity index (χ1v) is 9.86. The molecule has 1 aliphatic carbocycles. The van der Waals surface area contributed by atoms with Gasteiger partial charge in [-0.15, -0.1) is 11.3 Å². The number of halogens is 1. The molecule has 7 heteroatoms. The minimum atomic E-state index is -0.920. The largest absolute Gasteiger partial charge is 0.478 e. The fourth-order valence-corrected chi connectivity index (χ4v) is 4.35. The van der Waals surface area contributed by atoms with Crippen LogP contribution in [0.2, 0.25) is 0 Å². The van der Waals surface area contributed by atoms with E-state index in [-0.39, 0.29) is 12.4 Å². The summed E-state index contributed by atoms with van der Waals surface area (Å²) in [5, 5.41) is 3.26. The Kier molecular flexibility index (Phi) is 6.11. The quantitative estimate of drug-likeness (QED) is 0.744. The molecule has 1 unspecified atom stereocenters. The predicted octanol–water partition coefficient (Wildman–Crippen LogP) is 4.35. The molecular weight excluding hydrogens is 369 g/mol. The number of anilines is 1. The van der Waals surface area contributed by atoms with Crippen LogP contribution < -0.4 is 10.1 Å². The van der Waals surface area contributed by atoms with Crippen molar-refractivity contribution in [3.05, 3.63) is 46.1 Å². The average molecular weight is 391 g/mol. The van der Waals surface area contributed by atoms with E-state index in [1.54, 1.807) is 26.0 Å². The lowest BCUT2D eigenvalue weighted by Crippen LogP contribution is -2.30. The van der Waals surface area contributed by atoms with Crippen LogP contribution >= 0.6 is 11.3 Å². The smallest absolute Gasteiger partial charge is 0.341 e. The van der Waals surface area contributed by atoms with Gasteiger partial charge in [-0.1, -0.05) is 12.1 Å². The number of carbonyl (C=O) groups is 2. The number of carbonyl (C=O) groups excluding carboxylic acids is 2. The first kappa shape index (κ1) is 19.4. The van der Waals surface area contributed by atoms with E-state index in [0.29, 0.717) is 10.6 Å². The zero-order chi connectivity index (χ0) is 19.4. The lowest BCUT2D eigenvalue weighted by Gasteiger charge is -2.15. The molecule has 1 heterocycles. The molecule has 27 heavy (non-hydrogen) atoms. The molecule has 1 atom stereocenters. The maximum Gasteiger partial charge on any atom is 0.341 e. The molecule has 0 radical (unpaired) electrons. The number of rotatable bonds is 6. The van der Waals surface area contributed by atoms with E-state index in [1.807, 2.05) is 0 Å². The molecule has 0 spiro atoms. The average Bonchev–Trinajstić information content (AvgIpc) is 3.01. The minimum Gasteiger partial charge on any atom is -0.478 e. The molecule has 1 aromatic heterocycles. The summed E-state index contributed by atoms with van der Waals surface area (Å²) < 4.78 is 24.3. The number of aryl methyl sites for hydroxylation is 1. The lowest BCUT2D eigenvalue weighted by atomic mass is 9.95. The molecule has 5 nitrogen and oxygen atoms in total. The Balaban J connectivity index is 1.80. The number of benzene rings is 1. The Labute approximate surface area is 161 Å². The molecule has 0 fully saturated rings. The van der Waals surface area contributed by atoms with Gasteiger partial charge in [0.25, 0.3) is 5.91 Å². The molecule has 0 bridgehead atoms. The number of thiophene rings is 1. The van der Waals surface area contributed by atoms with E-state index in [9.17, 15) is 14.0 Å². The van der Waals surface area contributed by atoms with Crippen LogP contribution in [0, 0.1) is 5.82 Å². The number of ether oxygens (including phenoxy) is 2. The summed E-state index contributed by atoms with van der Waals surface area (Å²) in [6, 6.07) is 5.92. The third-order valence-electron chi connectivity index (χ3n) is 4.40. The standard InChI is InChI=1S/C20H22FNO4S/c1-3-25-20(24)17-13-8-4-7-11-16(13)27-19(17)22-18(23)12(2)26-15-10-6-5-9-14(15)21/h5-6,9-10,12H,3-4,7-8,11H2,1-2H3,(H,22,23). The van der Waals surface area contributed by atoms with Crippen LogP contribution in [0.4, 0.5) is 9.39 Å². The van der Waals surface area contributed by atoms with Gasteiger partial charge in [0.05, 0.1) is 12.2 Å². The minimum absolute atomic E-state index is 0.0104. The van der Waals surface area contributed by atoms with Gasteiger partial charge in [0.15, 0.2) is 17.7 Å². The van der Waals surface area contributed by atoms with Crippen molar-refractivity contribution in [2.45, 2.75) is 45.6 Å². The van der Waals surface area contributed by atoms with Crippen molar-refractivity contribution >= 4 is 28.2 Å². The Bertz CT molecular complexity index is 849. The highest BCUT2D eigenvalue weighted by atomic mass is 32.1. The van der Waals surface area contributed by atoms with Gasteiger partial charge in [-0.2, -0.15) is 0 Å². The third kappa shape index (κ3) is 4.30. The fraction of sp³-hybridized carbons (Fsp3) is 0.400. The Morgan fingerprint density at radius 3 is 2.74 bits per heavy atom. The normalized spacial score (nSPS) is 14.2. The van der Waals surface area contributed by atoms with E-state index in [2.05, 4.69) is 5.32 Å². The number of para-hydroxylation sites is 1. The van der Waals surface area contributed by atoms with E-state index in [1.165, 1.54) is 23.5 Å². The number of amides is 1. The molecule has 0 aliphatic heterocycles. The number of esters is 1. The first-order valence-electron chi connectivity index (χ1n) is 9.05. The zero-order valence-corrected chi connectivity index (χ0v) is 16.2. The highest BCUT2D eigenvalue weighted by Gasteiger charge is 2.28. The van der Waals surface area contributed by atoms with Gasteiger partial charge < -0.3 is 14.8 Å². The maximum absolute atomic E-state index is 13.7. The van der Waals surface area contributed by atoms with Gasteiger partial charge in [0.1, 0.15) is 5.00 Å². The van der Waals surface area contributed by atoms with E-state index < -0.39 is 23.8 Å². The van der Waals surface area contributed by atoms with Crippen LogP contribution in [0.25, 0.3) is 0 Å². The van der Waals surface area contributed by atoms with Gasteiger partial charge >= 0.3 is 5.97 Å². The van der Waals surface area contributed by atoms with Crippen molar-refractivity contribution in [2.24, 2.45) is 0 Å². The first-order chi connectivity index (χ1) is 13.0. The molecule has 1 aromatic carbocycles. The highest BCUT2D eigenvalue weighted by Crippen LogP contribution is 2.38. The van der Waals surface area contributed by atoms with Gasteiger partial charge in [-0.3, -0.25) is 4.79 Å². The number of hydrogen-bond donors (Lipinski definition) is 1. The van der Waals surface area contributed by atoms with E-state index in [0.717, 1.165) is 36.1 Å². The predicted molar refractivity (Wildman–Crippen MR) is 102 cm³/mol. The van der Waals surface area contributed by atoms with Crippen molar-refractivity contribution in [1.82, 2.24) is 0 Å². The summed E-state index contributed by atoms with van der Waals surface area (Å²) in [6.07, 6.45) is 2.85. The van der Waals surface area contributed by atoms with Gasteiger partial charge in [0, 0.05) is 4.88 Å². The Morgan fingerprint density at radius 2 is 2.00 bits per heavy atom. The second-order valence-corrected chi connectivity index (χ2v) is 7.42.